The van der Waals surface area contributed by atoms with Crippen LogP contribution < -0.4 is 10.1 Å². The monoisotopic (exact) mass is 535 g/mol. The number of hydrogen-bond donors (Lipinski definition) is 4. The number of aromatic hydroxyl groups is 1. The molecule has 198 valence electrons. The highest BCUT2D eigenvalue weighted by molar-refractivity contribution is 6.33. The topological polar surface area (TPSA) is 115 Å². The number of aliphatic hydroxyl groups excluding tert-OH is 1. The Morgan fingerprint density at radius 1 is 1.29 bits per heavy atom. The number of halogens is 1. The summed E-state index contributed by atoms with van der Waals surface area (Å²) in [7, 11) is 1.65. The third kappa shape index (κ3) is 3.17. The number of ether oxygens (including phenoxy) is 1. The lowest BCUT2D eigenvalue weighted by Gasteiger charge is -2.62. The Bertz CT molecular complexity index is 1440. The Hall–Kier alpha value is -3.07. The van der Waals surface area contributed by atoms with Crippen molar-refractivity contribution in [1.82, 2.24) is 4.90 Å². The number of phenolic OH excluding ortho intramolecular Hbond substituents is 1. The fourth-order valence-corrected chi connectivity index (χ4v) is 7.65. The predicted molar refractivity (Wildman–Crippen MR) is 143 cm³/mol. The van der Waals surface area contributed by atoms with Crippen LogP contribution in [-0.4, -0.2) is 70.2 Å². The van der Waals surface area contributed by atoms with Crippen molar-refractivity contribution in [2.24, 2.45) is 10.9 Å². The number of carbonyl (C=O) groups excluding carboxylic acids is 1. The van der Waals surface area contributed by atoms with Gasteiger partial charge < -0.3 is 25.4 Å². The lowest BCUT2D eigenvalue weighted by molar-refractivity contribution is -0.172. The molecule has 4 N–H and O–H groups in total. The number of aliphatic imine (C=N–C) groups is 1. The molecule has 3 aliphatic carbocycles. The first-order valence-electron chi connectivity index (χ1n) is 13.2. The number of anilines is 1. The fraction of sp³-hybridized carbons (Fsp3) is 0.448. The van der Waals surface area contributed by atoms with E-state index >= 15 is 0 Å². The summed E-state index contributed by atoms with van der Waals surface area (Å²) in [6.07, 6.45) is 4.22. The predicted octanol–water partition coefficient (Wildman–Crippen LogP) is 3.72. The van der Waals surface area contributed by atoms with Gasteiger partial charge in [-0.1, -0.05) is 17.7 Å². The zero-order valence-electron chi connectivity index (χ0n) is 21.1. The summed E-state index contributed by atoms with van der Waals surface area (Å²) in [6.45, 7) is 1.68. The lowest BCUT2D eigenvalue weighted by atomic mass is 9.49. The van der Waals surface area contributed by atoms with Crippen LogP contribution in [0, 0.1) is 5.92 Å². The van der Waals surface area contributed by atoms with Crippen molar-refractivity contribution in [2.45, 2.75) is 55.3 Å². The van der Waals surface area contributed by atoms with Crippen LogP contribution in [-0.2, 0) is 16.6 Å². The number of carbonyl (C=O) groups is 1. The second kappa shape index (κ2) is 8.21. The minimum atomic E-state index is -1.35. The van der Waals surface area contributed by atoms with Crippen LogP contribution in [0.5, 0.6) is 11.5 Å². The van der Waals surface area contributed by atoms with Gasteiger partial charge in [0.1, 0.15) is 5.76 Å². The van der Waals surface area contributed by atoms with Crippen LogP contribution in [0.1, 0.15) is 42.4 Å². The Balaban J connectivity index is 1.31. The van der Waals surface area contributed by atoms with Crippen molar-refractivity contribution in [3.8, 4) is 11.5 Å². The average Bonchev–Trinajstić information content (AvgIpc) is 3.62. The molecule has 2 aliphatic heterocycles. The van der Waals surface area contributed by atoms with Crippen molar-refractivity contribution in [3.63, 3.8) is 0 Å². The van der Waals surface area contributed by atoms with E-state index in [2.05, 4.69) is 15.2 Å². The summed E-state index contributed by atoms with van der Waals surface area (Å²) >= 11 is 6.35. The maximum absolute atomic E-state index is 13.6. The molecule has 2 fully saturated rings. The van der Waals surface area contributed by atoms with Gasteiger partial charge in [0.05, 0.1) is 21.6 Å². The summed E-state index contributed by atoms with van der Waals surface area (Å²) in [4.78, 5) is 20.0. The maximum Gasteiger partial charge on any atom is 0.255 e. The SMILES string of the molecule is CN=Cc1ccc(NC(=O)C2=C(O)[C@@H]3Oc4c(O)ccc5c4[C@@]34CCN(CC3CC3)[C@H](C5)[C@]4(O)C2)cc1Cl. The Kier molecular flexibility index (Phi) is 5.19. The van der Waals surface area contributed by atoms with E-state index in [0.29, 0.717) is 35.2 Å². The summed E-state index contributed by atoms with van der Waals surface area (Å²) in [5.41, 5.74) is 0.821. The second-order valence-electron chi connectivity index (χ2n) is 11.4. The van der Waals surface area contributed by atoms with Crippen molar-refractivity contribution in [2.75, 3.05) is 25.5 Å². The van der Waals surface area contributed by atoms with Crippen LogP contribution >= 0.6 is 11.6 Å². The maximum atomic E-state index is 13.6. The molecule has 2 aromatic rings. The number of aliphatic hydroxyl groups is 2. The summed E-state index contributed by atoms with van der Waals surface area (Å²) in [6, 6.07) is 8.41. The Morgan fingerprint density at radius 2 is 2.11 bits per heavy atom. The van der Waals surface area contributed by atoms with Gasteiger partial charge in [-0.2, -0.15) is 0 Å². The zero-order chi connectivity index (χ0) is 26.4. The van der Waals surface area contributed by atoms with E-state index in [-0.39, 0.29) is 29.5 Å². The van der Waals surface area contributed by atoms with Crippen LogP contribution in [0.15, 0.2) is 46.7 Å². The number of hydrogen-bond acceptors (Lipinski definition) is 7. The number of piperidine rings is 1. The number of amides is 1. The van der Waals surface area contributed by atoms with E-state index in [9.17, 15) is 20.1 Å². The molecular weight excluding hydrogens is 506 g/mol. The molecule has 9 heteroatoms. The minimum Gasteiger partial charge on any atom is -0.508 e. The molecule has 0 unspecified atom stereocenters. The smallest absolute Gasteiger partial charge is 0.255 e. The van der Waals surface area contributed by atoms with E-state index in [0.717, 1.165) is 29.8 Å². The fourth-order valence-electron chi connectivity index (χ4n) is 7.42. The molecule has 4 atom stereocenters. The van der Waals surface area contributed by atoms with E-state index in [1.807, 2.05) is 6.07 Å². The third-order valence-electron chi connectivity index (χ3n) is 9.32. The second-order valence-corrected chi connectivity index (χ2v) is 11.8. The highest BCUT2D eigenvalue weighted by atomic mass is 35.5. The largest absolute Gasteiger partial charge is 0.508 e. The standard InChI is InChI=1S/C29H30ClN3O5/c1-31-13-17-4-6-18(11-20(17)30)32-27(36)19-12-29(37)22-10-16-5-7-21(34)25-23(16)28(29,26(38-25)24(19)35)8-9-33(22)14-15-2-3-15/h4-7,11,13,15,22,26,34-35,37H,2-3,8-10,12,14H2,1H3,(H,32,36)/t22-,26+,28+,29-/m1/s1. The molecule has 1 saturated carbocycles. The van der Waals surface area contributed by atoms with Crippen LogP contribution in [0.2, 0.25) is 5.02 Å². The van der Waals surface area contributed by atoms with Gasteiger partial charge in [0.2, 0.25) is 0 Å². The lowest BCUT2D eigenvalue weighted by Crippen LogP contribution is -2.75. The van der Waals surface area contributed by atoms with Crippen molar-refractivity contribution >= 4 is 29.4 Å². The molecule has 1 saturated heterocycles. The van der Waals surface area contributed by atoms with Crippen molar-refractivity contribution < 1.29 is 24.9 Å². The van der Waals surface area contributed by atoms with Gasteiger partial charge in [0.15, 0.2) is 17.6 Å². The number of phenols is 1. The highest BCUT2D eigenvalue weighted by Gasteiger charge is 2.73. The Morgan fingerprint density at radius 3 is 2.84 bits per heavy atom. The molecule has 8 nitrogen and oxygen atoms in total. The highest BCUT2D eigenvalue weighted by Crippen LogP contribution is 2.66. The first-order valence-corrected chi connectivity index (χ1v) is 13.6. The molecule has 7 rings (SSSR count). The summed E-state index contributed by atoms with van der Waals surface area (Å²) < 4.78 is 6.26. The summed E-state index contributed by atoms with van der Waals surface area (Å²) in [5, 5.41) is 38.2. The zero-order valence-corrected chi connectivity index (χ0v) is 21.8. The third-order valence-corrected chi connectivity index (χ3v) is 9.65. The molecule has 2 heterocycles. The van der Waals surface area contributed by atoms with Gasteiger partial charge >= 0.3 is 0 Å². The molecule has 1 spiro atoms. The number of nitrogens with zero attached hydrogens (tertiary/aromatic N) is 2. The molecule has 5 aliphatic rings. The van der Waals surface area contributed by atoms with Gasteiger partial charge in [-0.15, -0.1) is 0 Å². The molecule has 0 radical (unpaired) electrons. The number of nitrogens with one attached hydrogen (secondary N) is 1. The first kappa shape index (κ1) is 24.0. The summed E-state index contributed by atoms with van der Waals surface area (Å²) in [5.74, 6) is 0.234. The van der Waals surface area contributed by atoms with Gasteiger partial charge in [-0.05, 0) is 68.0 Å². The van der Waals surface area contributed by atoms with E-state index in [1.54, 1.807) is 37.5 Å². The van der Waals surface area contributed by atoms with E-state index in [4.69, 9.17) is 16.3 Å². The van der Waals surface area contributed by atoms with Gasteiger partial charge in [0.25, 0.3) is 5.91 Å². The van der Waals surface area contributed by atoms with Crippen molar-refractivity contribution in [1.29, 1.82) is 0 Å². The van der Waals surface area contributed by atoms with Crippen LogP contribution in [0.25, 0.3) is 0 Å². The van der Waals surface area contributed by atoms with Gasteiger partial charge in [-0.3, -0.25) is 14.7 Å². The molecule has 2 aromatic carbocycles. The van der Waals surface area contributed by atoms with Gasteiger partial charge in [-0.25, -0.2) is 0 Å². The molecule has 2 bridgehead atoms. The average molecular weight is 536 g/mol. The van der Waals surface area contributed by atoms with Crippen LogP contribution in [0.3, 0.4) is 0 Å². The number of likely N-dealkylation sites (tertiary alicyclic amines) is 1. The van der Waals surface area contributed by atoms with E-state index < -0.39 is 23.0 Å². The Labute approximate surface area is 225 Å². The van der Waals surface area contributed by atoms with Crippen LogP contribution in [0.4, 0.5) is 5.69 Å². The number of benzene rings is 2. The normalized spacial score (nSPS) is 31.3. The minimum absolute atomic E-state index is 0.0147. The first-order chi connectivity index (χ1) is 18.3. The molecule has 0 aromatic heterocycles. The van der Waals surface area contributed by atoms with E-state index in [1.165, 1.54) is 12.8 Å². The molecular formula is C29H30ClN3O5. The quantitative estimate of drug-likeness (QED) is 0.434. The number of rotatable bonds is 5. The van der Waals surface area contributed by atoms with Gasteiger partial charge in [0, 0.05) is 49.1 Å². The molecule has 38 heavy (non-hydrogen) atoms. The molecule has 1 amide bonds. The van der Waals surface area contributed by atoms with Crippen molar-refractivity contribution in [3.05, 3.63) is 63.4 Å².